The minimum atomic E-state index is -4.43. The molecule has 4 heterocycles. The Morgan fingerprint density at radius 1 is 0.692 bits per heavy atom. The largest absolute Gasteiger partial charge is 0.497 e. The number of aryl methyl sites for hydroxylation is 1. The number of nitrogens with zero attached hydrogens (tertiary/aromatic N) is 5. The molecule has 0 bridgehead atoms. The van der Waals surface area contributed by atoms with Crippen LogP contribution in [-0.2, 0) is 87.5 Å². The van der Waals surface area contributed by atoms with Gasteiger partial charge in [0.1, 0.15) is 60.3 Å². The number of carbonyl (C=O) groups excluding carboxylic acids is 5. The fourth-order valence-corrected chi connectivity index (χ4v) is 13.5. The second-order valence-corrected chi connectivity index (χ2v) is 24.1. The van der Waals surface area contributed by atoms with Gasteiger partial charge in [-0.25, -0.2) is 24.2 Å². The Morgan fingerprint density at radius 2 is 1.29 bits per heavy atom. The SMILES string of the molecule is CCCc1ccc(OCC(=O)Nc2ncnc3c2ncn3[C@H]2C[C@H](OP(=O)(OCCCO[C@@H]3O[C@H](COC(C)=O)[C@@H](OC(C)=O)[C@H](OC(C)=O)[C@H]3OC(C)=O)N(C(C)C)C(C)C)[C@@H](COC(c3ccccc3)(c3ccc(OC)cc3)c3ccc(OC)cc3)O2)cc1. The summed E-state index contributed by atoms with van der Waals surface area (Å²) in [7, 11) is -1.24. The summed E-state index contributed by atoms with van der Waals surface area (Å²) in [5.74, 6) is -1.63. The van der Waals surface area contributed by atoms with E-state index in [-0.39, 0.29) is 50.6 Å². The highest BCUT2D eigenvalue weighted by atomic mass is 31.2. The van der Waals surface area contributed by atoms with Crippen LogP contribution in [0.2, 0.25) is 0 Å². The molecule has 91 heavy (non-hydrogen) atoms. The second-order valence-electron chi connectivity index (χ2n) is 22.3. The molecule has 26 heteroatoms. The van der Waals surface area contributed by atoms with Crippen molar-refractivity contribution >= 4 is 54.5 Å². The van der Waals surface area contributed by atoms with Gasteiger partial charge in [-0.2, -0.15) is 0 Å². The van der Waals surface area contributed by atoms with Crippen LogP contribution >= 0.6 is 7.75 Å². The monoisotopic (exact) mass is 1280 g/mol. The van der Waals surface area contributed by atoms with Gasteiger partial charge in [0.05, 0.1) is 40.4 Å². The molecule has 8 rings (SSSR count). The molecular formula is C65H81N6O19P. The fourth-order valence-electron chi connectivity index (χ4n) is 11.2. The van der Waals surface area contributed by atoms with Crippen molar-refractivity contribution in [1.82, 2.24) is 24.2 Å². The molecule has 4 aromatic carbocycles. The van der Waals surface area contributed by atoms with Crippen LogP contribution in [0.15, 0.2) is 116 Å². The zero-order valence-electron chi connectivity index (χ0n) is 53.0. The number of ether oxygens (including phenoxy) is 11. The van der Waals surface area contributed by atoms with Crippen LogP contribution < -0.4 is 19.5 Å². The summed E-state index contributed by atoms with van der Waals surface area (Å²) in [6, 6.07) is 31.6. The minimum absolute atomic E-state index is 0.0295. The molecule has 490 valence electrons. The number of benzene rings is 4. The number of methoxy groups -OCH3 is 2. The van der Waals surface area contributed by atoms with Gasteiger partial charge in [-0.3, -0.25) is 37.6 Å². The van der Waals surface area contributed by atoms with E-state index in [1.165, 1.54) is 19.6 Å². The third-order valence-electron chi connectivity index (χ3n) is 15.0. The van der Waals surface area contributed by atoms with Gasteiger partial charge in [-0.05, 0) is 99.2 Å². The number of anilines is 1. The molecule has 25 nitrogen and oxygen atoms in total. The molecule has 2 aromatic heterocycles. The maximum absolute atomic E-state index is 16.1. The number of rotatable bonds is 31. The Hall–Kier alpha value is -7.87. The number of aromatic nitrogens is 4. The molecule has 0 saturated carbocycles. The standard InChI is InChI=1S/C65H81N6O19P/c1-12-17-46-20-26-52(27-21-46)82-37-56(76)69-62-58-63(67-38-66-62)70(39-68-58)57-34-53(54(88-57)36-83-65(47-18-14-13-15-19-47,48-22-28-50(78-10)29-23-48)49-24-30-51(79-11)31-25-49)90-91(77,71(40(2)3)41(4)5)84-33-16-32-80-64-61(87-45(9)75)60(86-44(8)74)59(85-43(7)73)55(89-64)35-81-42(6)72/h13-15,18-31,38-41,53-55,57,59-61,64H,12,16-17,32-37H2,1-11H3,(H,66,67,69,76)/t53-,54+,55+,57+,59+,60-,61+,64+,91?/m0/s1. The first-order valence-corrected chi connectivity index (χ1v) is 31.6. The maximum atomic E-state index is 16.1. The molecule has 0 spiro atoms. The smallest absolute Gasteiger partial charge is 0.409 e. The quantitative estimate of drug-likeness (QED) is 0.0139. The molecular weight excluding hydrogens is 1200 g/mol. The van der Waals surface area contributed by atoms with Gasteiger partial charge in [-0.15, -0.1) is 0 Å². The average molecular weight is 1280 g/mol. The van der Waals surface area contributed by atoms with Crippen LogP contribution in [0, 0.1) is 0 Å². The molecule has 0 radical (unpaired) electrons. The molecule has 1 N–H and O–H groups in total. The first kappa shape index (κ1) is 69.0. The van der Waals surface area contributed by atoms with Gasteiger partial charge < -0.3 is 57.4 Å². The second kappa shape index (κ2) is 31.9. The zero-order valence-corrected chi connectivity index (χ0v) is 53.9. The van der Waals surface area contributed by atoms with Gasteiger partial charge >= 0.3 is 31.6 Å². The number of esters is 4. The molecule has 2 aliphatic heterocycles. The predicted molar refractivity (Wildman–Crippen MR) is 330 cm³/mol. The lowest BCUT2D eigenvalue weighted by Gasteiger charge is -2.44. The summed E-state index contributed by atoms with van der Waals surface area (Å²) in [4.78, 5) is 76.5. The number of hydrogen-bond donors (Lipinski definition) is 1. The first-order valence-electron chi connectivity index (χ1n) is 30.1. The lowest BCUT2D eigenvalue weighted by atomic mass is 9.80. The third-order valence-corrected chi connectivity index (χ3v) is 17.5. The lowest BCUT2D eigenvalue weighted by Crippen LogP contribution is -2.63. The Morgan fingerprint density at radius 3 is 1.87 bits per heavy atom. The number of imidazole rings is 1. The summed E-state index contributed by atoms with van der Waals surface area (Å²) < 4.78 is 98.7. The Kier molecular flexibility index (Phi) is 24.2. The molecule has 2 aliphatic rings. The van der Waals surface area contributed by atoms with E-state index in [1.807, 2.05) is 131 Å². The van der Waals surface area contributed by atoms with Crippen molar-refractivity contribution < 1.29 is 89.7 Å². The van der Waals surface area contributed by atoms with Crippen molar-refractivity contribution in [3.63, 3.8) is 0 Å². The molecule has 1 unspecified atom stereocenters. The molecule has 1 amide bonds. The summed E-state index contributed by atoms with van der Waals surface area (Å²) >= 11 is 0. The van der Waals surface area contributed by atoms with Crippen molar-refractivity contribution in [2.75, 3.05) is 52.6 Å². The van der Waals surface area contributed by atoms with E-state index in [2.05, 4.69) is 27.2 Å². The number of hydrogen-bond acceptors (Lipinski definition) is 22. The number of carbonyl (C=O) groups is 5. The van der Waals surface area contributed by atoms with E-state index < -0.39 is 111 Å². The van der Waals surface area contributed by atoms with Gasteiger partial charge in [0.25, 0.3) is 5.91 Å². The highest BCUT2D eigenvalue weighted by Crippen LogP contribution is 2.58. The minimum Gasteiger partial charge on any atom is -0.497 e. The fraction of sp³-hybridized carbons (Fsp3) is 0.477. The highest BCUT2D eigenvalue weighted by Gasteiger charge is 2.53. The van der Waals surface area contributed by atoms with E-state index in [0.29, 0.717) is 22.9 Å². The third kappa shape index (κ3) is 17.4. The summed E-state index contributed by atoms with van der Waals surface area (Å²) in [6.07, 6.45) is -5.16. The van der Waals surface area contributed by atoms with E-state index in [0.717, 1.165) is 55.9 Å². The normalized spacial score (nSPS) is 20.6. The van der Waals surface area contributed by atoms with Crippen molar-refractivity contribution in [3.05, 3.63) is 138 Å². The maximum Gasteiger partial charge on any atom is 0.409 e. The van der Waals surface area contributed by atoms with E-state index >= 15 is 4.57 Å². The number of fused-ring (bicyclic) bond motifs is 1. The molecule has 0 aliphatic carbocycles. The topological polar surface area (TPSA) is 281 Å². The van der Waals surface area contributed by atoms with Crippen LogP contribution in [0.4, 0.5) is 5.82 Å². The van der Waals surface area contributed by atoms with Crippen LogP contribution in [0.5, 0.6) is 17.2 Å². The van der Waals surface area contributed by atoms with Crippen molar-refractivity contribution in [2.45, 2.75) is 155 Å². The Labute approximate surface area is 529 Å². The van der Waals surface area contributed by atoms with E-state index in [4.69, 9.17) is 61.2 Å². The molecule has 9 atom stereocenters. The van der Waals surface area contributed by atoms with Gasteiger partial charge in [0, 0.05) is 46.2 Å². The van der Waals surface area contributed by atoms with E-state index in [1.54, 1.807) is 23.5 Å². The Bertz CT molecular complexity index is 3370. The molecule has 6 aromatic rings. The van der Waals surface area contributed by atoms with Crippen molar-refractivity contribution in [2.24, 2.45) is 0 Å². The van der Waals surface area contributed by atoms with Gasteiger partial charge in [0.15, 0.2) is 48.2 Å². The summed E-state index contributed by atoms with van der Waals surface area (Å²) in [6.45, 7) is 12.7. The average Bonchev–Trinajstić information content (AvgIpc) is 1.53. The van der Waals surface area contributed by atoms with E-state index in [9.17, 15) is 24.0 Å². The molecule has 2 fully saturated rings. The van der Waals surface area contributed by atoms with Crippen molar-refractivity contribution in [3.8, 4) is 17.2 Å². The van der Waals surface area contributed by atoms with Crippen LogP contribution in [-0.4, -0.2) is 156 Å². The Balaban J connectivity index is 1.11. The van der Waals surface area contributed by atoms with Crippen molar-refractivity contribution in [1.29, 1.82) is 0 Å². The predicted octanol–water partition coefficient (Wildman–Crippen LogP) is 9.23. The van der Waals surface area contributed by atoms with Crippen LogP contribution in [0.1, 0.15) is 110 Å². The first-order chi connectivity index (χ1) is 43.7. The number of amides is 1. The van der Waals surface area contributed by atoms with Crippen LogP contribution in [0.3, 0.4) is 0 Å². The highest BCUT2D eigenvalue weighted by molar-refractivity contribution is 7.51. The number of nitrogens with one attached hydrogen (secondary N) is 1. The molecule has 2 saturated heterocycles. The summed E-state index contributed by atoms with van der Waals surface area (Å²) in [5.41, 5.74) is 2.65. The zero-order chi connectivity index (χ0) is 65.4. The van der Waals surface area contributed by atoms with Gasteiger partial charge in [-0.1, -0.05) is 80.1 Å². The summed E-state index contributed by atoms with van der Waals surface area (Å²) in [5, 5.41) is 2.82. The van der Waals surface area contributed by atoms with Crippen LogP contribution in [0.25, 0.3) is 11.2 Å². The van der Waals surface area contributed by atoms with Gasteiger partial charge in [0.2, 0.25) is 0 Å². The lowest BCUT2D eigenvalue weighted by molar-refractivity contribution is -0.308.